The molecule has 0 aliphatic heterocycles. The van der Waals surface area contributed by atoms with Gasteiger partial charge in [-0.15, -0.1) is 0 Å². The minimum atomic E-state index is -1.16. The normalized spacial score (nSPS) is 12.0. The van der Waals surface area contributed by atoms with Crippen LogP contribution in [0.3, 0.4) is 0 Å². The van der Waals surface area contributed by atoms with Crippen molar-refractivity contribution in [2.75, 3.05) is 0 Å². The fraction of sp³-hybridized carbons (Fsp3) is 0.143. The molecule has 1 rings (SSSR count). The molecule has 3 N–H and O–H groups in total. The Hall–Kier alpha value is 0.632. The second-order valence-electron chi connectivity index (χ2n) is 2.37. The summed E-state index contributed by atoms with van der Waals surface area (Å²) >= 11 is 5.64. The maximum atomic E-state index is 10.5. The number of nitrogens with one attached hydrogen (secondary N) is 1. The number of phenolic OH excluding ortho intramolecular Hbond substituents is 1. The van der Waals surface area contributed by atoms with E-state index in [0.717, 1.165) is 0 Å². The van der Waals surface area contributed by atoms with Gasteiger partial charge in [-0.3, -0.25) is 0 Å². The van der Waals surface area contributed by atoms with Crippen molar-refractivity contribution in [2.45, 2.75) is 6.92 Å². The van der Waals surface area contributed by atoms with Crippen LogP contribution in [-0.2, 0) is 0 Å². The Balaban J connectivity index is 0.00000144. The summed E-state index contributed by atoms with van der Waals surface area (Å²) in [5.74, 6) is -0.269. The number of halogens is 1. The maximum absolute atomic E-state index is 10.5. The SMILES string of the molecule is Cc1c(Cl)ccc([NH+]([O-])O)c1O.[Ac]. The Morgan fingerprint density at radius 2 is 2.00 bits per heavy atom. The fourth-order valence-electron chi connectivity index (χ4n) is 0.848. The van der Waals surface area contributed by atoms with Crippen LogP contribution in [0, 0.1) is 56.2 Å². The zero-order valence-corrected chi connectivity index (χ0v) is 12.4. The minimum absolute atomic E-state index is 0. The van der Waals surface area contributed by atoms with Crippen molar-refractivity contribution >= 4 is 17.3 Å². The number of phenols is 1. The summed E-state index contributed by atoms with van der Waals surface area (Å²) in [6.07, 6.45) is 0. The molecule has 4 nitrogen and oxygen atoms in total. The molecule has 1 aromatic carbocycles. The van der Waals surface area contributed by atoms with Crippen molar-refractivity contribution in [3.05, 3.63) is 27.9 Å². The molecule has 1 atom stereocenters. The first kappa shape index (κ1) is 13.6. The van der Waals surface area contributed by atoms with E-state index in [1.165, 1.54) is 12.1 Å². The molecule has 1 unspecified atom stereocenters. The Morgan fingerprint density at radius 1 is 1.46 bits per heavy atom. The Labute approximate surface area is 116 Å². The van der Waals surface area contributed by atoms with Crippen molar-refractivity contribution in [1.82, 2.24) is 0 Å². The molecule has 0 fully saturated rings. The summed E-state index contributed by atoms with van der Waals surface area (Å²) in [5, 5.41) is 27.5. The number of hydrogen-bond donors (Lipinski definition) is 3. The first-order valence-electron chi connectivity index (χ1n) is 3.25. The smallest absolute Gasteiger partial charge is 0.206 e. The molecule has 0 amide bonds. The molecule has 0 saturated carbocycles. The molecule has 6 heteroatoms. The molecule has 13 heavy (non-hydrogen) atoms. The van der Waals surface area contributed by atoms with Crippen LogP contribution in [0.2, 0.25) is 5.02 Å². The predicted molar refractivity (Wildman–Crippen MR) is 43.6 cm³/mol. The summed E-state index contributed by atoms with van der Waals surface area (Å²) in [4.78, 5) is 0. The second kappa shape index (κ2) is 5.50. The van der Waals surface area contributed by atoms with Crippen LogP contribution in [0.1, 0.15) is 5.56 Å². The zero-order chi connectivity index (χ0) is 9.30. The van der Waals surface area contributed by atoms with E-state index in [2.05, 4.69) is 0 Å². The van der Waals surface area contributed by atoms with Gasteiger partial charge in [0.15, 0.2) is 5.75 Å². The standard InChI is InChI=1S/C7H8ClNO3.Ac/c1-4-5(8)2-3-6(7(4)10)9(11)12;/h2-3,9-11H,1H3;. The van der Waals surface area contributed by atoms with Gasteiger partial charge in [-0.1, -0.05) is 11.6 Å². The third-order valence-corrected chi connectivity index (χ3v) is 2.00. The molecule has 0 aliphatic carbocycles. The number of hydrogen-bond acceptors (Lipinski definition) is 3. The van der Waals surface area contributed by atoms with Crippen molar-refractivity contribution in [2.24, 2.45) is 0 Å². The molecule has 0 aromatic heterocycles. The Kier molecular flexibility index (Phi) is 5.76. The first-order chi connectivity index (χ1) is 5.54. The maximum Gasteiger partial charge on any atom is 0.206 e. The summed E-state index contributed by atoms with van der Waals surface area (Å²) in [7, 11) is 0. The van der Waals surface area contributed by atoms with E-state index in [1.807, 2.05) is 0 Å². The average Bonchev–Trinajstić information content (AvgIpc) is 2.00. The Bertz CT molecular complexity index is 306. The van der Waals surface area contributed by atoms with Gasteiger partial charge in [0, 0.05) is 60.7 Å². The molecule has 1 aromatic rings. The summed E-state index contributed by atoms with van der Waals surface area (Å²) in [6.45, 7) is 1.56. The second-order valence-corrected chi connectivity index (χ2v) is 2.78. The number of rotatable bonds is 1. The molecule has 0 heterocycles. The first-order valence-corrected chi connectivity index (χ1v) is 3.63. The van der Waals surface area contributed by atoms with Crippen molar-refractivity contribution in [1.29, 1.82) is 0 Å². The number of aromatic hydroxyl groups is 1. The van der Waals surface area contributed by atoms with Gasteiger partial charge in [-0.2, -0.15) is 5.23 Å². The topological polar surface area (TPSA) is 68.0 Å². The quantitative estimate of drug-likeness (QED) is 0.468. The predicted octanol–water partition coefficient (Wildman–Crippen LogP) is 0.757. The van der Waals surface area contributed by atoms with Crippen LogP contribution in [0.4, 0.5) is 5.69 Å². The van der Waals surface area contributed by atoms with E-state index in [0.29, 0.717) is 10.6 Å². The van der Waals surface area contributed by atoms with Crippen LogP contribution >= 0.6 is 11.6 Å². The van der Waals surface area contributed by atoms with Gasteiger partial charge in [0.05, 0.1) is 0 Å². The summed E-state index contributed by atoms with van der Waals surface area (Å²) in [5.41, 5.74) is 0.258. The van der Waals surface area contributed by atoms with E-state index in [1.54, 1.807) is 6.92 Å². The number of benzene rings is 1. The number of quaternary nitrogens is 1. The summed E-state index contributed by atoms with van der Waals surface area (Å²) in [6, 6.07) is 2.72. The average molecular weight is 417 g/mol. The minimum Gasteiger partial charge on any atom is -0.595 e. The van der Waals surface area contributed by atoms with Crippen LogP contribution in [0.25, 0.3) is 0 Å². The van der Waals surface area contributed by atoms with Crippen molar-refractivity contribution in [3.8, 4) is 5.75 Å². The van der Waals surface area contributed by atoms with Crippen molar-refractivity contribution < 1.29 is 59.6 Å². The molecular formula is C7H8AcClNO3. The van der Waals surface area contributed by atoms with E-state index in [9.17, 15) is 10.3 Å². The van der Waals surface area contributed by atoms with Gasteiger partial charge in [0.2, 0.25) is 5.69 Å². The van der Waals surface area contributed by atoms with Gasteiger partial charge in [-0.25, -0.2) is 5.21 Å². The van der Waals surface area contributed by atoms with Crippen LogP contribution in [0.5, 0.6) is 5.75 Å². The van der Waals surface area contributed by atoms with Gasteiger partial charge in [0.1, 0.15) is 0 Å². The Morgan fingerprint density at radius 3 is 2.46 bits per heavy atom. The van der Waals surface area contributed by atoms with Crippen molar-refractivity contribution in [3.63, 3.8) is 0 Å². The molecule has 69 valence electrons. The molecule has 0 aliphatic rings. The fourth-order valence-corrected chi connectivity index (χ4v) is 1.00. The van der Waals surface area contributed by atoms with Crippen LogP contribution < -0.4 is 5.23 Å². The van der Waals surface area contributed by atoms with Gasteiger partial charge >= 0.3 is 0 Å². The van der Waals surface area contributed by atoms with Gasteiger partial charge in [-0.05, 0) is 13.0 Å². The monoisotopic (exact) mass is 416 g/mol. The molecular weight excluding hydrogens is 409 g/mol. The molecule has 0 spiro atoms. The van der Waals surface area contributed by atoms with E-state index in [-0.39, 0.29) is 55.5 Å². The van der Waals surface area contributed by atoms with Crippen LogP contribution in [0.15, 0.2) is 12.1 Å². The molecule has 0 saturated heterocycles. The van der Waals surface area contributed by atoms with E-state index >= 15 is 0 Å². The van der Waals surface area contributed by atoms with Gasteiger partial charge < -0.3 is 10.3 Å². The third kappa shape index (κ3) is 3.05. The molecule has 0 bridgehead atoms. The summed E-state index contributed by atoms with van der Waals surface area (Å²) < 4.78 is 0. The van der Waals surface area contributed by atoms with E-state index in [4.69, 9.17) is 16.8 Å². The zero-order valence-electron chi connectivity index (χ0n) is 6.91. The van der Waals surface area contributed by atoms with Gasteiger partial charge in [0.25, 0.3) is 0 Å². The largest absolute Gasteiger partial charge is 0.595 e. The van der Waals surface area contributed by atoms with Crippen LogP contribution in [-0.4, -0.2) is 10.3 Å². The van der Waals surface area contributed by atoms with E-state index < -0.39 is 5.23 Å². The third-order valence-electron chi connectivity index (χ3n) is 1.60. The molecule has 1 radical (unpaired) electrons.